The van der Waals surface area contributed by atoms with Crippen molar-refractivity contribution in [1.82, 2.24) is 25.0 Å². The van der Waals surface area contributed by atoms with Crippen LogP contribution >= 0.6 is 11.3 Å². The van der Waals surface area contributed by atoms with Crippen LogP contribution in [-0.2, 0) is 13.6 Å². The summed E-state index contributed by atoms with van der Waals surface area (Å²) in [7, 11) is 1.82. The van der Waals surface area contributed by atoms with E-state index in [-0.39, 0.29) is 11.9 Å². The normalized spacial score (nSPS) is 17.7. The maximum absolute atomic E-state index is 12.8. The molecule has 1 aliphatic rings. The van der Waals surface area contributed by atoms with E-state index in [1.54, 1.807) is 22.2 Å². The number of rotatable bonds is 5. The SMILES string of the molecule is Cn1nc(-c2cccs2)cc1C(=O)N[C@H]1CCCN(Cc2cccnc2)C1. The molecule has 0 unspecified atom stereocenters. The summed E-state index contributed by atoms with van der Waals surface area (Å²) < 4.78 is 1.67. The lowest BCUT2D eigenvalue weighted by molar-refractivity contribution is 0.0891. The van der Waals surface area contributed by atoms with E-state index < -0.39 is 0 Å². The van der Waals surface area contributed by atoms with Gasteiger partial charge < -0.3 is 5.32 Å². The second-order valence-corrected chi connectivity index (χ2v) is 7.87. The summed E-state index contributed by atoms with van der Waals surface area (Å²) in [5, 5.41) is 9.70. The Morgan fingerprint density at radius 3 is 3.07 bits per heavy atom. The number of aryl methyl sites for hydroxylation is 1. The van der Waals surface area contributed by atoms with Gasteiger partial charge in [-0.2, -0.15) is 5.10 Å². The number of likely N-dealkylation sites (tertiary alicyclic amines) is 1. The fourth-order valence-corrected chi connectivity index (χ4v) is 4.23. The summed E-state index contributed by atoms with van der Waals surface area (Å²) in [5.74, 6) is -0.0546. The molecular formula is C20H23N5OS. The van der Waals surface area contributed by atoms with E-state index in [1.165, 1.54) is 5.56 Å². The number of piperidine rings is 1. The largest absolute Gasteiger partial charge is 0.347 e. The van der Waals surface area contributed by atoms with Crippen molar-refractivity contribution >= 4 is 17.2 Å². The van der Waals surface area contributed by atoms with E-state index in [0.29, 0.717) is 5.69 Å². The van der Waals surface area contributed by atoms with Crippen molar-refractivity contribution in [1.29, 1.82) is 0 Å². The van der Waals surface area contributed by atoms with Gasteiger partial charge in [-0.1, -0.05) is 12.1 Å². The van der Waals surface area contributed by atoms with Crippen molar-refractivity contribution in [3.05, 3.63) is 59.4 Å². The Hall–Kier alpha value is -2.51. The smallest absolute Gasteiger partial charge is 0.269 e. The van der Waals surface area contributed by atoms with Gasteiger partial charge in [0.25, 0.3) is 5.91 Å². The molecule has 4 heterocycles. The Balaban J connectivity index is 1.39. The second-order valence-electron chi connectivity index (χ2n) is 6.92. The highest BCUT2D eigenvalue weighted by molar-refractivity contribution is 7.13. The second kappa shape index (κ2) is 8.02. The molecule has 3 aromatic heterocycles. The summed E-state index contributed by atoms with van der Waals surface area (Å²) in [5.41, 5.74) is 2.65. The number of hydrogen-bond acceptors (Lipinski definition) is 5. The summed E-state index contributed by atoms with van der Waals surface area (Å²) in [6.07, 6.45) is 5.78. The van der Waals surface area contributed by atoms with Gasteiger partial charge >= 0.3 is 0 Å². The maximum atomic E-state index is 12.8. The van der Waals surface area contributed by atoms with Gasteiger partial charge in [0.15, 0.2) is 0 Å². The minimum Gasteiger partial charge on any atom is -0.347 e. The Bertz CT molecular complexity index is 891. The fraction of sp³-hybridized carbons (Fsp3) is 0.350. The maximum Gasteiger partial charge on any atom is 0.269 e. The van der Waals surface area contributed by atoms with Crippen LogP contribution in [-0.4, -0.2) is 44.7 Å². The lowest BCUT2D eigenvalue weighted by atomic mass is 10.0. The molecule has 0 spiro atoms. The zero-order valence-corrected chi connectivity index (χ0v) is 16.2. The molecule has 7 heteroatoms. The van der Waals surface area contributed by atoms with E-state index in [0.717, 1.165) is 43.0 Å². The minimum absolute atomic E-state index is 0.0546. The van der Waals surface area contributed by atoms with E-state index in [2.05, 4.69) is 26.4 Å². The van der Waals surface area contributed by atoms with Crippen molar-refractivity contribution in [3.8, 4) is 10.6 Å². The molecule has 1 atom stereocenters. The fourth-order valence-electron chi connectivity index (χ4n) is 3.55. The molecule has 0 aromatic carbocycles. The molecule has 3 aromatic rings. The highest BCUT2D eigenvalue weighted by atomic mass is 32.1. The zero-order valence-electron chi connectivity index (χ0n) is 15.3. The van der Waals surface area contributed by atoms with Crippen LogP contribution in [0.1, 0.15) is 28.9 Å². The van der Waals surface area contributed by atoms with Gasteiger partial charge in [-0.15, -0.1) is 11.3 Å². The third-order valence-corrected chi connectivity index (χ3v) is 5.75. The standard InChI is InChI=1S/C20H23N5OS/c1-24-18(11-17(23-24)19-7-4-10-27-19)20(26)22-16-6-3-9-25(14-16)13-15-5-2-8-21-12-15/h2,4-5,7-8,10-12,16H,3,6,9,13-14H2,1H3,(H,22,26)/t16-/m0/s1. The van der Waals surface area contributed by atoms with Crippen LogP contribution in [0.25, 0.3) is 10.6 Å². The van der Waals surface area contributed by atoms with E-state index >= 15 is 0 Å². The van der Waals surface area contributed by atoms with Crippen LogP contribution in [0.4, 0.5) is 0 Å². The van der Waals surface area contributed by atoms with Gasteiger partial charge in [0.05, 0.1) is 4.88 Å². The lowest BCUT2D eigenvalue weighted by Crippen LogP contribution is -2.47. The molecule has 6 nitrogen and oxygen atoms in total. The number of pyridine rings is 1. The molecule has 1 N–H and O–H groups in total. The van der Waals surface area contributed by atoms with Crippen LogP contribution in [0.3, 0.4) is 0 Å². The first kappa shape index (κ1) is 17.9. The Labute approximate surface area is 162 Å². The van der Waals surface area contributed by atoms with Crippen molar-refractivity contribution < 1.29 is 4.79 Å². The number of aromatic nitrogens is 3. The minimum atomic E-state index is -0.0546. The molecule has 0 saturated carbocycles. The summed E-state index contributed by atoms with van der Waals surface area (Å²) in [4.78, 5) is 20.4. The molecule has 1 saturated heterocycles. The Morgan fingerprint density at radius 1 is 1.37 bits per heavy atom. The van der Waals surface area contributed by atoms with Crippen molar-refractivity contribution in [3.63, 3.8) is 0 Å². The highest BCUT2D eigenvalue weighted by Gasteiger charge is 2.23. The number of nitrogens with zero attached hydrogens (tertiary/aromatic N) is 4. The third kappa shape index (κ3) is 4.26. The summed E-state index contributed by atoms with van der Waals surface area (Å²) in [6, 6.07) is 10.1. The molecular weight excluding hydrogens is 358 g/mol. The molecule has 140 valence electrons. The summed E-state index contributed by atoms with van der Waals surface area (Å²) in [6.45, 7) is 2.78. The first-order valence-corrected chi connectivity index (χ1v) is 10.1. The molecule has 0 radical (unpaired) electrons. The van der Waals surface area contributed by atoms with Gasteiger partial charge in [-0.05, 0) is 48.5 Å². The molecule has 1 amide bonds. The number of amides is 1. The van der Waals surface area contributed by atoms with Crippen molar-refractivity contribution in [2.45, 2.75) is 25.4 Å². The van der Waals surface area contributed by atoms with E-state index in [4.69, 9.17) is 0 Å². The van der Waals surface area contributed by atoms with Crippen molar-refractivity contribution in [2.24, 2.45) is 7.05 Å². The average Bonchev–Trinajstić information content (AvgIpc) is 3.32. The number of carbonyl (C=O) groups excluding carboxylic acids is 1. The average molecular weight is 382 g/mol. The topological polar surface area (TPSA) is 63.1 Å². The summed E-state index contributed by atoms with van der Waals surface area (Å²) >= 11 is 1.63. The van der Waals surface area contributed by atoms with Crippen LogP contribution in [0.15, 0.2) is 48.1 Å². The van der Waals surface area contributed by atoms with Crippen molar-refractivity contribution in [2.75, 3.05) is 13.1 Å². The molecule has 1 aliphatic heterocycles. The van der Waals surface area contributed by atoms with Gasteiger partial charge in [0.1, 0.15) is 11.4 Å². The molecule has 4 rings (SSSR count). The predicted molar refractivity (Wildman–Crippen MR) is 107 cm³/mol. The molecule has 0 aliphatic carbocycles. The predicted octanol–water partition coefficient (Wildman–Crippen LogP) is 2.94. The van der Waals surface area contributed by atoms with Crippen LogP contribution in [0.2, 0.25) is 0 Å². The number of hydrogen-bond donors (Lipinski definition) is 1. The van der Waals surface area contributed by atoms with Gasteiger partial charge in [-0.3, -0.25) is 19.4 Å². The van der Waals surface area contributed by atoms with Crippen LogP contribution < -0.4 is 5.32 Å². The first-order valence-electron chi connectivity index (χ1n) is 9.19. The van der Waals surface area contributed by atoms with Gasteiger partial charge in [0, 0.05) is 38.6 Å². The molecule has 0 bridgehead atoms. The zero-order chi connectivity index (χ0) is 18.6. The monoisotopic (exact) mass is 381 g/mol. The Kier molecular flexibility index (Phi) is 5.31. The first-order chi connectivity index (χ1) is 13.2. The quantitative estimate of drug-likeness (QED) is 0.738. The highest BCUT2D eigenvalue weighted by Crippen LogP contribution is 2.24. The van der Waals surface area contributed by atoms with Crippen LogP contribution in [0, 0.1) is 0 Å². The number of nitrogens with one attached hydrogen (secondary N) is 1. The van der Waals surface area contributed by atoms with Crippen LogP contribution in [0.5, 0.6) is 0 Å². The van der Waals surface area contributed by atoms with E-state index in [9.17, 15) is 4.79 Å². The molecule has 27 heavy (non-hydrogen) atoms. The number of carbonyl (C=O) groups is 1. The number of thiophene rings is 1. The van der Waals surface area contributed by atoms with Gasteiger partial charge in [-0.25, -0.2) is 0 Å². The van der Waals surface area contributed by atoms with E-state index in [1.807, 2.05) is 42.9 Å². The van der Waals surface area contributed by atoms with Gasteiger partial charge in [0.2, 0.25) is 0 Å². The Morgan fingerprint density at radius 2 is 2.30 bits per heavy atom. The molecule has 1 fully saturated rings. The third-order valence-electron chi connectivity index (χ3n) is 4.86. The lowest BCUT2D eigenvalue weighted by Gasteiger charge is -2.33.